The third kappa shape index (κ3) is 4.22. The molecule has 0 heterocycles. The molecule has 0 aromatic rings. The van der Waals surface area contributed by atoms with E-state index in [0.29, 0.717) is 0 Å². The summed E-state index contributed by atoms with van der Waals surface area (Å²) in [7, 11) is -2.48. The predicted molar refractivity (Wildman–Crippen MR) is 49.1 cm³/mol. The van der Waals surface area contributed by atoms with E-state index in [2.05, 4.69) is 4.74 Å². The maximum atomic E-state index is 11.3. The molecule has 2 N–H and O–H groups in total. The van der Waals surface area contributed by atoms with Crippen molar-refractivity contribution in [2.45, 2.75) is 18.6 Å². The number of hydrogen-bond acceptors (Lipinski definition) is 5. The molecule has 1 amide bonds. The quantitative estimate of drug-likeness (QED) is 0.592. The van der Waals surface area contributed by atoms with Crippen LogP contribution in [0.2, 0.25) is 0 Å². The second kappa shape index (κ2) is 4.94. The fraction of sp³-hybridized carbons (Fsp3) is 0.714. The monoisotopic (exact) mass is 223 g/mol. The van der Waals surface area contributed by atoms with E-state index in [4.69, 9.17) is 5.73 Å². The molecular weight excluding hydrogens is 210 g/mol. The fourth-order valence-electron chi connectivity index (χ4n) is 0.786. The molecule has 6 nitrogen and oxygen atoms in total. The fourth-order valence-corrected chi connectivity index (χ4v) is 1.86. The number of ether oxygens (including phenoxy) is 1. The van der Waals surface area contributed by atoms with E-state index < -0.39 is 32.7 Å². The largest absolute Gasteiger partial charge is 0.469 e. The van der Waals surface area contributed by atoms with Crippen LogP contribution in [0.3, 0.4) is 0 Å². The second-order valence-electron chi connectivity index (χ2n) is 2.86. The Kier molecular flexibility index (Phi) is 4.55. The lowest BCUT2D eigenvalue weighted by molar-refractivity contribution is -0.140. The minimum atomic E-state index is -3.64. The van der Waals surface area contributed by atoms with E-state index in [1.165, 1.54) is 6.92 Å². The van der Waals surface area contributed by atoms with Gasteiger partial charge in [-0.25, -0.2) is 8.42 Å². The number of amides is 1. The van der Waals surface area contributed by atoms with Crippen molar-refractivity contribution in [3.63, 3.8) is 0 Å². The van der Waals surface area contributed by atoms with Gasteiger partial charge in [-0.3, -0.25) is 9.59 Å². The lowest BCUT2D eigenvalue weighted by Gasteiger charge is -2.09. The van der Waals surface area contributed by atoms with Crippen LogP contribution in [0.25, 0.3) is 0 Å². The van der Waals surface area contributed by atoms with Crippen molar-refractivity contribution in [3.8, 4) is 0 Å². The Labute approximate surface area is 82.3 Å². The van der Waals surface area contributed by atoms with Gasteiger partial charge in [0.25, 0.3) is 0 Å². The highest BCUT2D eigenvalue weighted by atomic mass is 32.2. The Hall–Kier alpha value is -1.11. The molecule has 0 spiro atoms. The molecule has 0 aliphatic rings. The molecule has 0 aromatic heterocycles. The zero-order chi connectivity index (χ0) is 11.4. The van der Waals surface area contributed by atoms with Gasteiger partial charge in [0.05, 0.1) is 18.8 Å². The smallest absolute Gasteiger partial charge is 0.306 e. The standard InChI is InChI=1S/C7H13NO5S/c1-5(3-7(10)13-2)14(11,12)4-6(8)9/h5H,3-4H2,1-2H3,(H2,8,9). The molecule has 1 unspecified atom stereocenters. The first-order valence-electron chi connectivity index (χ1n) is 3.86. The summed E-state index contributed by atoms with van der Waals surface area (Å²) in [6.07, 6.45) is -0.272. The molecular formula is C7H13NO5S. The van der Waals surface area contributed by atoms with Crippen LogP contribution in [0.5, 0.6) is 0 Å². The van der Waals surface area contributed by atoms with Crippen molar-refractivity contribution < 1.29 is 22.7 Å². The van der Waals surface area contributed by atoms with Crippen LogP contribution in [0.1, 0.15) is 13.3 Å². The van der Waals surface area contributed by atoms with Crippen molar-refractivity contribution in [1.82, 2.24) is 0 Å². The second-order valence-corrected chi connectivity index (χ2v) is 5.28. The minimum Gasteiger partial charge on any atom is -0.469 e. The van der Waals surface area contributed by atoms with Gasteiger partial charge in [0.2, 0.25) is 5.91 Å². The summed E-state index contributed by atoms with van der Waals surface area (Å²) in [4.78, 5) is 21.2. The summed E-state index contributed by atoms with van der Waals surface area (Å²) in [6, 6.07) is 0. The molecule has 82 valence electrons. The lowest BCUT2D eigenvalue weighted by Crippen LogP contribution is -2.31. The van der Waals surface area contributed by atoms with E-state index in [1.807, 2.05) is 0 Å². The molecule has 1 atom stereocenters. The van der Waals surface area contributed by atoms with Crippen LogP contribution in [-0.2, 0) is 24.2 Å². The maximum absolute atomic E-state index is 11.3. The third-order valence-corrected chi connectivity index (χ3v) is 3.72. The molecule has 14 heavy (non-hydrogen) atoms. The Morgan fingerprint density at radius 3 is 2.29 bits per heavy atom. The molecule has 0 saturated carbocycles. The molecule has 0 aromatic carbocycles. The molecule has 7 heteroatoms. The van der Waals surface area contributed by atoms with Gasteiger partial charge in [-0.2, -0.15) is 0 Å². The number of esters is 1. The Morgan fingerprint density at radius 2 is 1.93 bits per heavy atom. The highest BCUT2D eigenvalue weighted by Gasteiger charge is 2.25. The Bertz CT molecular complexity index is 321. The highest BCUT2D eigenvalue weighted by Crippen LogP contribution is 2.07. The van der Waals surface area contributed by atoms with E-state index in [1.54, 1.807) is 0 Å². The van der Waals surface area contributed by atoms with Gasteiger partial charge in [-0.15, -0.1) is 0 Å². The number of sulfone groups is 1. The number of hydrogen-bond donors (Lipinski definition) is 1. The lowest BCUT2D eigenvalue weighted by atomic mass is 10.3. The summed E-state index contributed by atoms with van der Waals surface area (Å²) >= 11 is 0. The van der Waals surface area contributed by atoms with Crippen LogP contribution < -0.4 is 5.73 Å². The van der Waals surface area contributed by atoms with Gasteiger partial charge < -0.3 is 10.5 Å². The number of carbonyl (C=O) groups is 2. The third-order valence-electron chi connectivity index (χ3n) is 1.64. The molecule has 0 radical (unpaired) electrons. The van der Waals surface area contributed by atoms with E-state index >= 15 is 0 Å². The van der Waals surface area contributed by atoms with Gasteiger partial charge >= 0.3 is 5.97 Å². The molecule has 0 aliphatic heterocycles. The van der Waals surface area contributed by atoms with Gasteiger partial charge in [-0.05, 0) is 6.92 Å². The summed E-state index contributed by atoms with van der Waals surface area (Å²) in [6.45, 7) is 1.33. The van der Waals surface area contributed by atoms with Crippen molar-refractivity contribution in [2.24, 2.45) is 5.73 Å². The van der Waals surface area contributed by atoms with E-state index in [9.17, 15) is 18.0 Å². The SMILES string of the molecule is COC(=O)CC(C)S(=O)(=O)CC(N)=O. The number of methoxy groups -OCH3 is 1. The molecule has 0 aliphatic carbocycles. The van der Waals surface area contributed by atoms with Crippen molar-refractivity contribution in [3.05, 3.63) is 0 Å². The summed E-state index contributed by atoms with van der Waals surface area (Å²) < 4.78 is 26.9. The number of rotatable bonds is 5. The first-order chi connectivity index (χ1) is 6.29. The first-order valence-corrected chi connectivity index (χ1v) is 5.58. The number of primary amides is 1. The van der Waals surface area contributed by atoms with E-state index in [0.717, 1.165) is 7.11 Å². The summed E-state index contributed by atoms with van der Waals surface area (Å²) in [5.41, 5.74) is 4.75. The molecule has 0 fully saturated rings. The van der Waals surface area contributed by atoms with Crippen LogP contribution in [0, 0.1) is 0 Å². The Morgan fingerprint density at radius 1 is 1.43 bits per heavy atom. The van der Waals surface area contributed by atoms with E-state index in [-0.39, 0.29) is 6.42 Å². The van der Waals surface area contributed by atoms with Crippen molar-refractivity contribution >= 4 is 21.7 Å². The first kappa shape index (κ1) is 12.9. The zero-order valence-corrected chi connectivity index (χ0v) is 8.83. The predicted octanol–water partition coefficient (Wildman–Crippen LogP) is -1.16. The molecule has 0 rings (SSSR count). The summed E-state index contributed by atoms with van der Waals surface area (Å²) in [5, 5.41) is -0.956. The van der Waals surface area contributed by atoms with Crippen molar-refractivity contribution in [2.75, 3.05) is 12.9 Å². The van der Waals surface area contributed by atoms with Gasteiger partial charge in [0, 0.05) is 0 Å². The Balaban J connectivity index is 4.44. The molecule has 0 saturated heterocycles. The van der Waals surface area contributed by atoms with Crippen LogP contribution in [0.15, 0.2) is 0 Å². The number of carbonyl (C=O) groups excluding carboxylic acids is 2. The normalized spacial score (nSPS) is 13.3. The van der Waals surface area contributed by atoms with Crippen molar-refractivity contribution in [1.29, 1.82) is 0 Å². The minimum absolute atomic E-state index is 0.272. The number of nitrogens with two attached hydrogens (primary N) is 1. The van der Waals surface area contributed by atoms with Gasteiger partial charge in [-0.1, -0.05) is 0 Å². The maximum Gasteiger partial charge on any atom is 0.306 e. The molecule has 0 bridgehead atoms. The van der Waals surface area contributed by atoms with Crippen LogP contribution >= 0.6 is 0 Å². The average Bonchev–Trinajstić information content (AvgIpc) is 2.01. The van der Waals surface area contributed by atoms with Crippen LogP contribution in [0.4, 0.5) is 0 Å². The van der Waals surface area contributed by atoms with Gasteiger partial charge in [0.15, 0.2) is 9.84 Å². The summed E-state index contributed by atoms with van der Waals surface area (Å²) in [5.74, 6) is -2.31. The zero-order valence-electron chi connectivity index (χ0n) is 8.02. The highest BCUT2D eigenvalue weighted by molar-refractivity contribution is 7.92. The average molecular weight is 223 g/mol. The topological polar surface area (TPSA) is 104 Å². The van der Waals surface area contributed by atoms with Gasteiger partial charge in [0.1, 0.15) is 5.75 Å². The van der Waals surface area contributed by atoms with Crippen LogP contribution in [-0.4, -0.2) is 38.4 Å².